The number of hydrogen-bond acceptors (Lipinski definition) is 4. The summed E-state index contributed by atoms with van der Waals surface area (Å²) >= 11 is 0. The highest BCUT2D eigenvalue weighted by Gasteiger charge is 2.23. The second-order valence-electron chi connectivity index (χ2n) is 3.39. The zero-order valence-electron chi connectivity index (χ0n) is 8.54. The van der Waals surface area contributed by atoms with Crippen molar-refractivity contribution >= 4 is 8.25 Å². The highest BCUT2D eigenvalue weighted by molar-refractivity contribution is 7.32. The monoisotopic (exact) mass is 243 g/mol. The van der Waals surface area contributed by atoms with Crippen molar-refractivity contribution in [2.24, 2.45) is 0 Å². The van der Waals surface area contributed by atoms with Crippen molar-refractivity contribution in [3.63, 3.8) is 0 Å². The van der Waals surface area contributed by atoms with E-state index in [9.17, 15) is 4.57 Å². The third kappa shape index (κ3) is 3.54. The van der Waals surface area contributed by atoms with Crippen molar-refractivity contribution < 1.29 is 23.5 Å². The van der Waals surface area contributed by atoms with Crippen LogP contribution in [0.1, 0.15) is 5.56 Å². The number of para-hydroxylation sites is 1. The van der Waals surface area contributed by atoms with Gasteiger partial charge in [0, 0.05) is 10.1 Å². The predicted molar refractivity (Wildman–Crippen MR) is 56.3 cm³/mol. The molecule has 1 heterocycles. The lowest BCUT2D eigenvalue weighted by Gasteiger charge is -2.07. The van der Waals surface area contributed by atoms with Gasteiger partial charge < -0.3 is 9.47 Å². The molecule has 1 N–H and O–H groups in total. The fraction of sp³-hybridized carbons (Fsp3) is 0.400. The van der Waals surface area contributed by atoms with Crippen LogP contribution in [0.15, 0.2) is 24.3 Å². The molecule has 2 rings (SSSR count). The molecule has 86 valence electrons. The number of rotatable bonds is 6. The van der Waals surface area contributed by atoms with Crippen LogP contribution in [0.3, 0.4) is 0 Å². The first kappa shape index (κ1) is 11.5. The van der Waals surface area contributed by atoms with E-state index < -0.39 is 8.25 Å². The molecule has 1 aromatic carbocycles. The van der Waals surface area contributed by atoms with Gasteiger partial charge in [-0.05, 0) is 6.07 Å². The lowest BCUT2D eigenvalue weighted by atomic mass is 10.2. The zero-order chi connectivity index (χ0) is 11.4. The van der Waals surface area contributed by atoms with E-state index in [0.717, 1.165) is 12.2 Å². The van der Waals surface area contributed by atoms with Crippen LogP contribution in [0, 0.1) is 0 Å². The Bertz CT molecular complexity index is 377. The second kappa shape index (κ2) is 5.37. The zero-order valence-corrected chi connectivity index (χ0v) is 9.43. The highest BCUT2D eigenvalue weighted by Crippen LogP contribution is 2.25. The average Bonchev–Trinajstić information content (AvgIpc) is 3.08. The van der Waals surface area contributed by atoms with E-state index in [4.69, 9.17) is 14.4 Å². The van der Waals surface area contributed by atoms with Gasteiger partial charge in [0.25, 0.3) is 0 Å². The summed E-state index contributed by atoms with van der Waals surface area (Å²) in [5, 5.41) is 0. The van der Waals surface area contributed by atoms with Crippen molar-refractivity contribution in [3.05, 3.63) is 29.8 Å². The molecule has 16 heavy (non-hydrogen) atoms. The number of hydrogen-bond donors (Lipinski definition) is 1. The summed E-state index contributed by atoms with van der Waals surface area (Å²) in [6.45, 7) is 1.30. The fourth-order valence-corrected chi connectivity index (χ4v) is 1.49. The molecule has 1 aliphatic rings. The summed E-state index contributed by atoms with van der Waals surface area (Å²) in [7, 11) is -2.58. The van der Waals surface area contributed by atoms with Crippen LogP contribution < -0.4 is 4.74 Å². The first-order chi connectivity index (χ1) is 7.75. The Kier molecular flexibility index (Phi) is 3.85. The molecule has 0 bridgehead atoms. The largest absolute Gasteiger partial charge is 0.695 e. The van der Waals surface area contributed by atoms with Gasteiger partial charge in [-0.25, -0.2) is 0 Å². The molecule has 1 saturated heterocycles. The molecule has 2 unspecified atom stereocenters. The molecule has 0 saturated carbocycles. The van der Waals surface area contributed by atoms with E-state index in [-0.39, 0.29) is 12.7 Å². The van der Waals surface area contributed by atoms with Crippen LogP contribution in [0.25, 0.3) is 0 Å². The number of benzene rings is 1. The summed E-state index contributed by atoms with van der Waals surface area (Å²) in [5.74, 6) is 0.662. The van der Waals surface area contributed by atoms with Gasteiger partial charge in [-0.3, -0.25) is 0 Å². The van der Waals surface area contributed by atoms with Crippen LogP contribution in [0.4, 0.5) is 0 Å². The normalized spacial score (nSPS) is 19.3. The minimum atomic E-state index is -2.58. The second-order valence-corrected chi connectivity index (χ2v) is 4.12. The number of ether oxygens (including phenoxy) is 2. The third-order valence-electron chi connectivity index (χ3n) is 2.13. The maximum atomic E-state index is 10.4. The molecule has 6 heteroatoms. The van der Waals surface area contributed by atoms with Crippen LogP contribution in [-0.4, -0.2) is 24.2 Å². The first-order valence-corrected chi connectivity index (χ1v) is 6.00. The Labute approximate surface area is 93.9 Å². The Hall–Kier alpha value is -1.00. The smallest absolute Gasteiger partial charge is 0.490 e. The van der Waals surface area contributed by atoms with Crippen molar-refractivity contribution in [2.45, 2.75) is 12.7 Å². The van der Waals surface area contributed by atoms with Gasteiger partial charge in [0.05, 0.1) is 6.61 Å². The molecule has 0 radical (unpaired) electrons. The molecule has 1 fully saturated rings. The SMILES string of the molecule is O=[P+](O)OCc1ccccc1OCC1CO1. The lowest BCUT2D eigenvalue weighted by molar-refractivity contribution is 0.244. The molecule has 0 amide bonds. The third-order valence-corrected chi connectivity index (χ3v) is 2.48. The average molecular weight is 243 g/mol. The molecule has 5 nitrogen and oxygen atoms in total. The molecule has 0 aromatic heterocycles. The Morgan fingerprint density at radius 2 is 2.25 bits per heavy atom. The molecule has 1 aromatic rings. The summed E-state index contributed by atoms with van der Waals surface area (Å²) in [5.41, 5.74) is 0.751. The van der Waals surface area contributed by atoms with Crippen LogP contribution >= 0.6 is 8.25 Å². The van der Waals surface area contributed by atoms with Gasteiger partial charge in [0.1, 0.15) is 25.1 Å². The standard InChI is InChI=1S/C10H11O5P/c11-16(12)15-5-8-3-1-2-4-10(8)14-7-9-6-13-9/h1-4,9H,5-7H2/p+1. The molecular weight excluding hydrogens is 231 g/mol. The number of epoxide rings is 1. The predicted octanol–water partition coefficient (Wildman–Crippen LogP) is 1.63. The Balaban J connectivity index is 1.94. The maximum absolute atomic E-state index is 10.4. The molecule has 1 aliphatic heterocycles. The van der Waals surface area contributed by atoms with Crippen molar-refractivity contribution in [1.82, 2.24) is 0 Å². The summed E-state index contributed by atoms with van der Waals surface area (Å²) in [6.07, 6.45) is 0.184. The highest BCUT2D eigenvalue weighted by atomic mass is 31.1. The van der Waals surface area contributed by atoms with Gasteiger partial charge in [0.2, 0.25) is 0 Å². The van der Waals surface area contributed by atoms with E-state index in [1.807, 2.05) is 12.1 Å². The summed E-state index contributed by atoms with van der Waals surface area (Å²) < 4.78 is 25.6. The summed E-state index contributed by atoms with van der Waals surface area (Å²) in [6, 6.07) is 7.25. The maximum Gasteiger partial charge on any atom is 0.695 e. The van der Waals surface area contributed by atoms with Gasteiger partial charge in [-0.15, -0.1) is 9.42 Å². The van der Waals surface area contributed by atoms with Gasteiger partial charge in [0.15, 0.2) is 0 Å². The fourth-order valence-electron chi connectivity index (χ4n) is 1.24. The molecule has 2 atom stereocenters. The van der Waals surface area contributed by atoms with E-state index >= 15 is 0 Å². The molecular formula is C10H12O5P+. The van der Waals surface area contributed by atoms with Gasteiger partial charge in [-0.2, -0.15) is 0 Å². The van der Waals surface area contributed by atoms with E-state index in [0.29, 0.717) is 12.4 Å². The topological polar surface area (TPSA) is 68.3 Å². The Morgan fingerprint density at radius 1 is 1.50 bits per heavy atom. The van der Waals surface area contributed by atoms with Gasteiger partial charge >= 0.3 is 8.25 Å². The van der Waals surface area contributed by atoms with Crippen LogP contribution in [0.2, 0.25) is 0 Å². The molecule has 0 aliphatic carbocycles. The van der Waals surface area contributed by atoms with Crippen LogP contribution in [-0.2, 0) is 20.4 Å². The van der Waals surface area contributed by atoms with Crippen LogP contribution in [0.5, 0.6) is 5.75 Å². The Morgan fingerprint density at radius 3 is 2.94 bits per heavy atom. The minimum Gasteiger partial charge on any atom is -0.490 e. The van der Waals surface area contributed by atoms with E-state index in [1.165, 1.54) is 0 Å². The van der Waals surface area contributed by atoms with Crippen molar-refractivity contribution in [2.75, 3.05) is 13.2 Å². The quantitative estimate of drug-likeness (QED) is 0.607. The van der Waals surface area contributed by atoms with Crippen molar-refractivity contribution in [1.29, 1.82) is 0 Å². The van der Waals surface area contributed by atoms with E-state index in [2.05, 4.69) is 4.52 Å². The first-order valence-electron chi connectivity index (χ1n) is 4.87. The molecule has 0 spiro atoms. The van der Waals surface area contributed by atoms with E-state index in [1.54, 1.807) is 12.1 Å². The van der Waals surface area contributed by atoms with Gasteiger partial charge in [-0.1, -0.05) is 18.2 Å². The minimum absolute atomic E-state index is 0.0629. The van der Waals surface area contributed by atoms with Crippen molar-refractivity contribution in [3.8, 4) is 5.75 Å². The lowest BCUT2D eigenvalue weighted by Crippen LogP contribution is -2.05. The summed E-state index contributed by atoms with van der Waals surface area (Å²) in [4.78, 5) is 8.56.